The number of piperazine rings is 1. The normalized spacial score (nSPS) is 15.6. The summed E-state index contributed by atoms with van der Waals surface area (Å²) in [6.07, 6.45) is -3.13. The Morgan fingerprint density at radius 3 is 2.40 bits per heavy atom. The predicted octanol–water partition coefficient (Wildman–Crippen LogP) is 5.61. The molecular formula is C29H33F3N6O4. The Kier molecular flexibility index (Phi) is 9.20. The van der Waals surface area contributed by atoms with E-state index >= 15 is 0 Å². The summed E-state index contributed by atoms with van der Waals surface area (Å²) < 4.78 is 50.9. The number of urea groups is 1. The SMILES string of the molecule is Cc1ccc(NC(=O)Nc2ccc(Oc3cc(N4CCNC[C@H]4COC(=O)C(C)(C)C)ncn3)cc2)cc1C(F)(F)F. The number of alkyl halides is 3. The molecule has 2 amide bonds. The Labute approximate surface area is 241 Å². The Morgan fingerprint density at radius 1 is 1.02 bits per heavy atom. The van der Waals surface area contributed by atoms with Crippen molar-refractivity contribution in [2.24, 2.45) is 5.41 Å². The first-order chi connectivity index (χ1) is 19.8. The smallest absolute Gasteiger partial charge is 0.416 e. The van der Waals surface area contributed by atoms with Gasteiger partial charge in [-0.2, -0.15) is 13.2 Å². The number of aryl methyl sites for hydroxylation is 1. The van der Waals surface area contributed by atoms with Crippen LogP contribution in [0.15, 0.2) is 54.9 Å². The van der Waals surface area contributed by atoms with Gasteiger partial charge in [0.05, 0.1) is 17.0 Å². The number of amides is 2. The van der Waals surface area contributed by atoms with Crippen LogP contribution in [-0.2, 0) is 15.7 Å². The van der Waals surface area contributed by atoms with Gasteiger partial charge in [0.2, 0.25) is 5.88 Å². The topological polar surface area (TPSA) is 118 Å². The van der Waals surface area contributed by atoms with Crippen molar-refractivity contribution in [3.05, 3.63) is 66.0 Å². The Balaban J connectivity index is 1.36. The molecule has 0 aliphatic carbocycles. The van der Waals surface area contributed by atoms with Crippen molar-refractivity contribution < 1.29 is 32.2 Å². The number of halogens is 3. The number of carbonyl (C=O) groups excluding carboxylic acids is 2. The molecule has 0 radical (unpaired) electrons. The molecule has 0 unspecified atom stereocenters. The van der Waals surface area contributed by atoms with Gasteiger partial charge in [0.25, 0.3) is 0 Å². The zero-order valence-corrected chi connectivity index (χ0v) is 23.7. The van der Waals surface area contributed by atoms with Crippen LogP contribution in [0.2, 0.25) is 0 Å². The van der Waals surface area contributed by atoms with E-state index in [4.69, 9.17) is 9.47 Å². The zero-order valence-electron chi connectivity index (χ0n) is 23.7. The fraction of sp³-hybridized carbons (Fsp3) is 0.379. The van der Waals surface area contributed by atoms with Crippen molar-refractivity contribution in [2.75, 3.05) is 41.8 Å². The fourth-order valence-electron chi connectivity index (χ4n) is 4.17. The number of esters is 1. The summed E-state index contributed by atoms with van der Waals surface area (Å²) in [6.45, 7) is 8.98. The number of rotatable bonds is 7. The van der Waals surface area contributed by atoms with Crippen molar-refractivity contribution in [3.63, 3.8) is 0 Å². The monoisotopic (exact) mass is 586 g/mol. The van der Waals surface area contributed by atoms with Crippen molar-refractivity contribution in [3.8, 4) is 11.6 Å². The summed E-state index contributed by atoms with van der Waals surface area (Å²) in [5.74, 6) is 1.08. The van der Waals surface area contributed by atoms with E-state index in [0.29, 0.717) is 36.2 Å². The number of anilines is 3. The number of hydrogen-bond donors (Lipinski definition) is 3. The van der Waals surface area contributed by atoms with Gasteiger partial charge < -0.3 is 30.3 Å². The standard InChI is InChI=1S/C29H33F3N6O4/c1-18-5-6-20(13-23(18)29(30,31)32)37-27(40)36-19-7-9-22(10-8-19)42-25-14-24(34-17-35-25)38-12-11-33-15-21(38)16-41-26(39)28(2,3)4/h5-10,13-14,17,21,33H,11-12,15-16H2,1-4H3,(H2,36,37,40)/t21-/m0/s1. The molecule has 0 bridgehead atoms. The molecule has 0 spiro atoms. The van der Waals surface area contributed by atoms with Crippen LogP contribution in [0.25, 0.3) is 0 Å². The van der Waals surface area contributed by atoms with E-state index in [1.165, 1.54) is 25.4 Å². The van der Waals surface area contributed by atoms with Gasteiger partial charge >= 0.3 is 18.2 Å². The van der Waals surface area contributed by atoms with Crippen molar-refractivity contribution in [2.45, 2.75) is 39.9 Å². The summed E-state index contributed by atoms with van der Waals surface area (Å²) in [5, 5.41) is 8.30. The van der Waals surface area contributed by atoms with Crippen LogP contribution in [0.5, 0.6) is 11.6 Å². The van der Waals surface area contributed by atoms with Gasteiger partial charge in [-0.15, -0.1) is 0 Å². The maximum absolute atomic E-state index is 13.2. The van der Waals surface area contributed by atoms with Gasteiger partial charge in [-0.05, 0) is 69.7 Å². The van der Waals surface area contributed by atoms with E-state index in [0.717, 1.165) is 12.6 Å². The molecule has 1 aliphatic heterocycles. The summed E-state index contributed by atoms with van der Waals surface area (Å²) in [7, 11) is 0. The minimum absolute atomic E-state index is 0.0176. The van der Waals surface area contributed by atoms with Gasteiger partial charge in [0, 0.05) is 37.1 Å². The van der Waals surface area contributed by atoms with Gasteiger partial charge in [-0.3, -0.25) is 4.79 Å². The van der Waals surface area contributed by atoms with Crippen LogP contribution >= 0.6 is 0 Å². The highest BCUT2D eigenvalue weighted by Crippen LogP contribution is 2.33. The highest BCUT2D eigenvalue weighted by atomic mass is 19.4. The summed E-state index contributed by atoms with van der Waals surface area (Å²) in [4.78, 5) is 35.2. The van der Waals surface area contributed by atoms with Gasteiger partial charge in [-0.1, -0.05) is 6.07 Å². The Morgan fingerprint density at radius 2 is 1.71 bits per heavy atom. The average molecular weight is 587 g/mol. The lowest BCUT2D eigenvalue weighted by Crippen LogP contribution is -2.54. The third-order valence-electron chi connectivity index (χ3n) is 6.43. The van der Waals surface area contributed by atoms with E-state index in [1.54, 1.807) is 51.1 Å². The molecule has 2 heterocycles. The second kappa shape index (κ2) is 12.6. The molecule has 4 rings (SSSR count). The molecule has 3 aromatic rings. The Hall–Kier alpha value is -4.39. The number of benzene rings is 2. The van der Waals surface area contributed by atoms with E-state index in [2.05, 4.69) is 25.9 Å². The second-order valence-electron chi connectivity index (χ2n) is 10.8. The lowest BCUT2D eigenvalue weighted by molar-refractivity contribution is -0.153. The molecule has 0 saturated carbocycles. The molecule has 2 aromatic carbocycles. The van der Waals surface area contributed by atoms with E-state index in [-0.39, 0.29) is 29.9 Å². The molecule has 1 fully saturated rings. The molecular weight excluding hydrogens is 553 g/mol. The lowest BCUT2D eigenvalue weighted by atomic mass is 9.97. The molecule has 42 heavy (non-hydrogen) atoms. The number of nitrogens with one attached hydrogen (secondary N) is 3. The van der Waals surface area contributed by atoms with Crippen LogP contribution < -0.4 is 25.6 Å². The largest absolute Gasteiger partial charge is 0.463 e. The number of aromatic nitrogens is 2. The molecule has 10 nitrogen and oxygen atoms in total. The average Bonchev–Trinajstić information content (AvgIpc) is 2.93. The predicted molar refractivity (Wildman–Crippen MR) is 152 cm³/mol. The third kappa shape index (κ3) is 8.09. The minimum Gasteiger partial charge on any atom is -0.463 e. The molecule has 224 valence electrons. The number of ether oxygens (including phenoxy) is 2. The number of hydrogen-bond acceptors (Lipinski definition) is 8. The number of carbonyl (C=O) groups is 2. The summed E-state index contributed by atoms with van der Waals surface area (Å²) in [5.41, 5.74) is -0.927. The summed E-state index contributed by atoms with van der Waals surface area (Å²) >= 11 is 0. The van der Waals surface area contributed by atoms with Crippen LogP contribution in [0.3, 0.4) is 0 Å². The van der Waals surface area contributed by atoms with Crippen LogP contribution in [0, 0.1) is 12.3 Å². The van der Waals surface area contributed by atoms with Crippen LogP contribution in [-0.4, -0.2) is 54.3 Å². The summed E-state index contributed by atoms with van der Waals surface area (Å²) in [6, 6.07) is 10.9. The van der Waals surface area contributed by atoms with E-state index < -0.39 is 23.2 Å². The van der Waals surface area contributed by atoms with Gasteiger partial charge in [-0.25, -0.2) is 14.8 Å². The van der Waals surface area contributed by atoms with Crippen molar-refractivity contribution in [1.29, 1.82) is 0 Å². The molecule has 1 saturated heterocycles. The molecule has 13 heteroatoms. The zero-order chi connectivity index (χ0) is 30.5. The van der Waals surface area contributed by atoms with Gasteiger partial charge in [0.1, 0.15) is 24.5 Å². The fourth-order valence-corrected chi connectivity index (χ4v) is 4.17. The molecule has 1 atom stereocenters. The van der Waals surface area contributed by atoms with E-state index in [1.807, 2.05) is 4.90 Å². The first-order valence-corrected chi connectivity index (χ1v) is 13.3. The quantitative estimate of drug-likeness (QED) is 0.306. The first kappa shape index (κ1) is 30.6. The van der Waals surface area contributed by atoms with Crippen molar-refractivity contribution in [1.82, 2.24) is 15.3 Å². The lowest BCUT2D eigenvalue weighted by Gasteiger charge is -2.37. The minimum atomic E-state index is -4.52. The highest BCUT2D eigenvalue weighted by Gasteiger charge is 2.32. The Bertz CT molecular complexity index is 1410. The maximum Gasteiger partial charge on any atom is 0.416 e. The van der Waals surface area contributed by atoms with Gasteiger partial charge in [0.15, 0.2) is 0 Å². The third-order valence-corrected chi connectivity index (χ3v) is 6.43. The van der Waals surface area contributed by atoms with Crippen molar-refractivity contribution >= 4 is 29.2 Å². The van der Waals surface area contributed by atoms with Crippen LogP contribution in [0.1, 0.15) is 31.9 Å². The molecule has 3 N–H and O–H groups in total. The second-order valence-corrected chi connectivity index (χ2v) is 10.8. The maximum atomic E-state index is 13.2. The van der Waals surface area contributed by atoms with E-state index in [9.17, 15) is 22.8 Å². The molecule has 1 aromatic heterocycles. The first-order valence-electron chi connectivity index (χ1n) is 13.3. The van der Waals surface area contributed by atoms with Crippen LogP contribution in [0.4, 0.5) is 35.2 Å². The molecule has 1 aliphatic rings. The number of nitrogens with zero attached hydrogens (tertiary/aromatic N) is 3. The highest BCUT2D eigenvalue weighted by molar-refractivity contribution is 5.99.